The van der Waals surface area contributed by atoms with Gasteiger partial charge in [-0.3, -0.25) is 9.20 Å². The van der Waals surface area contributed by atoms with Gasteiger partial charge in [0.05, 0.1) is 10.7 Å². The van der Waals surface area contributed by atoms with Crippen molar-refractivity contribution in [3.8, 4) is 0 Å². The van der Waals surface area contributed by atoms with E-state index in [1.807, 2.05) is 0 Å². The van der Waals surface area contributed by atoms with Crippen molar-refractivity contribution >= 4 is 29.0 Å². The maximum atomic E-state index is 12.0. The molecule has 5 nitrogen and oxygen atoms in total. The molecule has 0 bridgehead atoms. The van der Waals surface area contributed by atoms with Gasteiger partial charge in [-0.2, -0.15) is 6.07 Å². The summed E-state index contributed by atoms with van der Waals surface area (Å²) in [6.45, 7) is 1.80. The summed E-state index contributed by atoms with van der Waals surface area (Å²) in [6, 6.07) is 6.61. The average molecular weight is 360 g/mol. The molecule has 0 unspecified atom stereocenters. The van der Waals surface area contributed by atoms with Crippen LogP contribution in [0, 0.1) is 13.2 Å². The van der Waals surface area contributed by atoms with Gasteiger partial charge < -0.3 is 9.73 Å². The normalized spacial score (nSPS) is 10.3. The second-order valence-electron chi connectivity index (χ2n) is 3.97. The van der Waals surface area contributed by atoms with Crippen molar-refractivity contribution < 1.29 is 67.4 Å². The summed E-state index contributed by atoms with van der Waals surface area (Å²) in [5.41, 5.74) is 1.28. The predicted molar refractivity (Wildman–Crippen MR) is 70.4 cm³/mol. The van der Waals surface area contributed by atoms with E-state index in [1.54, 1.807) is 35.7 Å². The number of rotatable bonds is 2. The summed E-state index contributed by atoms with van der Waals surface area (Å²) in [5, 5.41) is 3.28. The Labute approximate surface area is 169 Å². The van der Waals surface area contributed by atoms with Crippen LogP contribution in [0.15, 0.2) is 34.9 Å². The van der Waals surface area contributed by atoms with Gasteiger partial charge in [0, 0.05) is 12.0 Å². The number of aryl methyl sites for hydroxylation is 1. The first-order valence-electron chi connectivity index (χ1n) is 5.57. The number of fused-ring (bicyclic) bond motifs is 1. The third kappa shape index (κ3) is 2.92. The summed E-state index contributed by atoms with van der Waals surface area (Å²) in [5.74, 6) is 0.404. The molecule has 0 saturated carbocycles. The van der Waals surface area contributed by atoms with Gasteiger partial charge in [0.15, 0.2) is 5.65 Å². The van der Waals surface area contributed by atoms with Crippen LogP contribution in [0.2, 0.25) is 5.02 Å². The third-order valence-electron chi connectivity index (χ3n) is 2.70. The van der Waals surface area contributed by atoms with E-state index in [2.05, 4.69) is 16.6 Å². The van der Waals surface area contributed by atoms with E-state index in [1.165, 1.54) is 6.07 Å². The molecule has 0 aliphatic heterocycles. The van der Waals surface area contributed by atoms with Crippen LogP contribution < -0.4 is 63.5 Å². The minimum Gasteiger partial charge on any atom is -0.586 e. The Bertz CT molecular complexity index is 752. The number of nitrogens with one attached hydrogen (secondary N) is 1. The van der Waals surface area contributed by atoms with E-state index in [-0.39, 0.29) is 69.9 Å². The van der Waals surface area contributed by atoms with Gasteiger partial charge in [-0.15, -0.1) is 6.07 Å². The molecule has 1 N–H and O–H groups in total. The predicted octanol–water partition coefficient (Wildman–Crippen LogP) is -0.0544. The van der Waals surface area contributed by atoms with Crippen LogP contribution in [0.1, 0.15) is 16.2 Å². The Morgan fingerprint density at radius 2 is 2.30 bits per heavy atom. The number of imidazole rings is 1. The molecule has 0 atom stereocenters. The first kappa shape index (κ1) is 15.9. The molecule has 3 heterocycles. The molecule has 20 heavy (non-hydrogen) atoms. The topological polar surface area (TPSA) is 59.5 Å². The maximum absolute atomic E-state index is 12.0. The van der Waals surface area contributed by atoms with Crippen LogP contribution in [0.5, 0.6) is 0 Å². The van der Waals surface area contributed by atoms with Crippen LogP contribution in [0.25, 0.3) is 5.65 Å². The molecule has 96 valence electrons. The van der Waals surface area contributed by atoms with Gasteiger partial charge >= 0.3 is 58.2 Å². The van der Waals surface area contributed by atoms with Crippen molar-refractivity contribution in [1.82, 2.24) is 9.38 Å². The number of carbonyl (C=O) groups is 1. The summed E-state index contributed by atoms with van der Waals surface area (Å²) in [4.78, 5) is 16.3. The maximum Gasteiger partial charge on any atom is 1.00 e. The number of anilines is 1. The molecule has 0 saturated heterocycles. The molecule has 0 radical (unpaired) electrons. The van der Waals surface area contributed by atoms with Crippen LogP contribution in [-0.2, 0) is 0 Å². The van der Waals surface area contributed by atoms with Crippen molar-refractivity contribution in [2.45, 2.75) is 6.92 Å². The Morgan fingerprint density at radius 1 is 1.50 bits per heavy atom. The SMILES string of the molecule is Cc1nc2c(Cl)cccn2c1NC(=O)c1cc[c-]o1.[Rb+]. The monoisotopic (exact) mass is 359 g/mol. The van der Waals surface area contributed by atoms with Crippen molar-refractivity contribution in [3.63, 3.8) is 0 Å². The van der Waals surface area contributed by atoms with E-state index >= 15 is 0 Å². The molecule has 0 aliphatic carbocycles. The average Bonchev–Trinajstić information content (AvgIpc) is 3.00. The zero-order valence-electron chi connectivity index (χ0n) is 11.0. The van der Waals surface area contributed by atoms with Crippen LogP contribution in [-0.4, -0.2) is 15.3 Å². The fourth-order valence-corrected chi connectivity index (χ4v) is 2.04. The number of halogens is 1. The molecule has 3 aromatic heterocycles. The number of pyridine rings is 1. The van der Waals surface area contributed by atoms with Crippen LogP contribution >= 0.6 is 11.6 Å². The second kappa shape index (κ2) is 6.53. The smallest absolute Gasteiger partial charge is 0.586 e. The number of carbonyl (C=O) groups excluding carboxylic acids is 1. The van der Waals surface area contributed by atoms with E-state index in [0.717, 1.165) is 0 Å². The van der Waals surface area contributed by atoms with Gasteiger partial charge in [0.2, 0.25) is 5.91 Å². The van der Waals surface area contributed by atoms with Gasteiger partial charge in [-0.25, -0.2) is 4.98 Å². The van der Waals surface area contributed by atoms with Crippen molar-refractivity contribution in [2.24, 2.45) is 0 Å². The summed E-state index contributed by atoms with van der Waals surface area (Å²) in [6.07, 6.45) is 4.25. The number of hydrogen-bond donors (Lipinski definition) is 1. The van der Waals surface area contributed by atoms with E-state index in [4.69, 9.17) is 16.0 Å². The molecule has 0 aromatic carbocycles. The molecule has 3 aromatic rings. The minimum absolute atomic E-state index is 0. The standard InChI is InChI=1S/C13H9ClN3O2.Rb/c1-8-11(16-13(18)10-5-3-7-19-10)17-6-2-4-9(14)12(17)15-8;/h2-6H,1H3,(H,16,18);/q-1;+1. The number of nitrogens with zero attached hydrogens (tertiary/aromatic N) is 2. The molecule has 3 rings (SSSR count). The van der Waals surface area contributed by atoms with E-state index < -0.39 is 0 Å². The zero-order chi connectivity index (χ0) is 13.4. The molecular formula is C13H9ClN3O2Rb. The Hall–Kier alpha value is -0.465. The van der Waals surface area contributed by atoms with Gasteiger partial charge in [0.25, 0.3) is 0 Å². The molecule has 0 spiro atoms. The van der Waals surface area contributed by atoms with Gasteiger partial charge in [0.1, 0.15) is 5.82 Å². The second-order valence-corrected chi connectivity index (χ2v) is 4.37. The summed E-state index contributed by atoms with van der Waals surface area (Å²) >= 11 is 6.06. The molecule has 1 amide bonds. The molecule has 7 heteroatoms. The first-order valence-corrected chi connectivity index (χ1v) is 5.95. The Morgan fingerprint density at radius 3 is 3.00 bits per heavy atom. The summed E-state index contributed by atoms with van der Waals surface area (Å²) in [7, 11) is 0. The minimum atomic E-state index is -0.355. The van der Waals surface area contributed by atoms with Crippen molar-refractivity contribution in [1.29, 1.82) is 0 Å². The van der Waals surface area contributed by atoms with E-state index in [0.29, 0.717) is 22.2 Å². The quantitative estimate of drug-likeness (QED) is 0.652. The fourth-order valence-electron chi connectivity index (χ4n) is 1.83. The summed E-state index contributed by atoms with van der Waals surface area (Å²) < 4.78 is 6.65. The molecule has 0 fully saturated rings. The number of hydrogen-bond acceptors (Lipinski definition) is 3. The van der Waals surface area contributed by atoms with Crippen molar-refractivity contribution in [2.75, 3.05) is 5.32 Å². The van der Waals surface area contributed by atoms with E-state index in [9.17, 15) is 4.79 Å². The molecule has 0 aliphatic rings. The molecular weight excluding hydrogens is 351 g/mol. The Balaban J connectivity index is 0.00000147. The first-order chi connectivity index (χ1) is 9.16. The largest absolute Gasteiger partial charge is 1.00 e. The fraction of sp³-hybridized carbons (Fsp3) is 0.0769. The Kier molecular flexibility index (Phi) is 5.20. The van der Waals surface area contributed by atoms with Crippen LogP contribution in [0.4, 0.5) is 5.82 Å². The van der Waals surface area contributed by atoms with Gasteiger partial charge in [-0.05, 0) is 25.3 Å². The van der Waals surface area contributed by atoms with Crippen molar-refractivity contribution in [3.05, 3.63) is 53.2 Å². The number of furan rings is 1. The number of amides is 1. The number of aromatic nitrogens is 2. The third-order valence-corrected chi connectivity index (χ3v) is 3.00. The van der Waals surface area contributed by atoms with Crippen LogP contribution in [0.3, 0.4) is 0 Å². The zero-order valence-corrected chi connectivity index (χ0v) is 16.6. The van der Waals surface area contributed by atoms with Gasteiger partial charge in [-0.1, -0.05) is 11.6 Å².